The molecule has 0 aliphatic carbocycles. The van der Waals surface area contributed by atoms with Crippen LogP contribution in [0.25, 0.3) is 0 Å². The predicted molar refractivity (Wildman–Crippen MR) is 126 cm³/mol. The first kappa shape index (κ1) is 24.4. The highest BCUT2D eigenvalue weighted by atomic mass is 32.1. The quantitative estimate of drug-likeness (QED) is 0.294. The fourth-order valence-corrected chi connectivity index (χ4v) is 3.80. The number of carboxylic acid groups (broad SMARTS) is 2. The van der Waals surface area contributed by atoms with Gasteiger partial charge in [0.15, 0.2) is 5.13 Å². The number of carboxylic acids is 2. The maximum atomic E-state index is 12.5. The van der Waals surface area contributed by atoms with Gasteiger partial charge in [-0.2, -0.15) is 0 Å². The number of thiazole rings is 1. The van der Waals surface area contributed by atoms with Crippen molar-refractivity contribution in [1.29, 1.82) is 0 Å². The van der Waals surface area contributed by atoms with E-state index in [1.54, 1.807) is 24.3 Å². The molecule has 0 unspecified atom stereocenters. The zero-order valence-corrected chi connectivity index (χ0v) is 18.7. The van der Waals surface area contributed by atoms with Gasteiger partial charge in [-0.05, 0) is 23.3 Å². The Bertz CT molecular complexity index is 1150. The topological polar surface area (TPSA) is 158 Å². The summed E-state index contributed by atoms with van der Waals surface area (Å²) >= 11 is 1.10. The number of carbonyl (C=O) groups is 4. The molecule has 0 bridgehead atoms. The van der Waals surface area contributed by atoms with Crippen molar-refractivity contribution in [2.45, 2.75) is 25.3 Å². The van der Waals surface area contributed by atoms with Gasteiger partial charge in [-0.15, -0.1) is 11.3 Å². The second kappa shape index (κ2) is 11.6. The molecule has 3 rings (SSSR count). The minimum absolute atomic E-state index is 0.113. The monoisotopic (exact) mass is 482 g/mol. The van der Waals surface area contributed by atoms with Gasteiger partial charge in [0, 0.05) is 23.5 Å². The standard InChI is InChI=1S/C23H22N4O6S/c28-19(29)10-16(11-20(30)31)15-6-8-17(9-7-15)25-21(32)18-13-34-23(26-18)27-22(33)24-12-14-4-2-1-3-5-14/h1-9,13,16H,10-12H2,(H,25,32)(H,28,29)(H,30,31)(H2,24,26,27,33). The number of nitrogens with zero attached hydrogens (tertiary/aromatic N) is 1. The van der Waals surface area contributed by atoms with E-state index in [4.69, 9.17) is 10.2 Å². The van der Waals surface area contributed by atoms with Crippen LogP contribution in [0.4, 0.5) is 15.6 Å². The third kappa shape index (κ3) is 7.41. The lowest BCUT2D eigenvalue weighted by atomic mass is 9.92. The summed E-state index contributed by atoms with van der Waals surface area (Å²) < 4.78 is 0. The molecule has 0 fully saturated rings. The molecule has 11 heteroatoms. The zero-order chi connectivity index (χ0) is 24.5. The zero-order valence-electron chi connectivity index (χ0n) is 17.9. The van der Waals surface area contributed by atoms with Gasteiger partial charge in [0.2, 0.25) is 0 Å². The molecule has 176 valence electrons. The normalized spacial score (nSPS) is 10.5. The Morgan fingerprint density at radius 3 is 2.15 bits per heavy atom. The highest BCUT2D eigenvalue weighted by Crippen LogP contribution is 2.25. The first-order valence-corrected chi connectivity index (χ1v) is 11.1. The highest BCUT2D eigenvalue weighted by Gasteiger charge is 2.19. The molecular weight excluding hydrogens is 460 g/mol. The van der Waals surface area contributed by atoms with Crippen LogP contribution in [-0.4, -0.2) is 39.1 Å². The largest absolute Gasteiger partial charge is 0.481 e. The number of urea groups is 1. The first-order chi connectivity index (χ1) is 16.3. The molecule has 10 nitrogen and oxygen atoms in total. The summed E-state index contributed by atoms with van der Waals surface area (Å²) in [7, 11) is 0. The van der Waals surface area contributed by atoms with Crippen LogP contribution < -0.4 is 16.0 Å². The Morgan fingerprint density at radius 1 is 0.882 bits per heavy atom. The summed E-state index contributed by atoms with van der Waals surface area (Å²) in [6.45, 7) is 0.348. The van der Waals surface area contributed by atoms with E-state index in [1.165, 1.54) is 5.38 Å². The lowest BCUT2D eigenvalue weighted by Gasteiger charge is -2.13. The molecule has 0 radical (unpaired) electrons. The van der Waals surface area contributed by atoms with Crippen molar-refractivity contribution < 1.29 is 29.4 Å². The van der Waals surface area contributed by atoms with Gasteiger partial charge in [0.25, 0.3) is 5.91 Å². The lowest BCUT2D eigenvalue weighted by molar-refractivity contribution is -0.139. The molecule has 1 heterocycles. The maximum Gasteiger partial charge on any atom is 0.321 e. The smallest absolute Gasteiger partial charge is 0.321 e. The third-order valence-corrected chi connectivity index (χ3v) is 5.49. The summed E-state index contributed by atoms with van der Waals surface area (Å²) in [5, 5.41) is 27.7. The van der Waals surface area contributed by atoms with Crippen LogP contribution in [0.15, 0.2) is 60.0 Å². The molecule has 5 N–H and O–H groups in total. The SMILES string of the molecule is O=C(O)CC(CC(=O)O)c1ccc(NC(=O)c2csc(NC(=O)NCc3ccccc3)n2)cc1. The van der Waals surface area contributed by atoms with Crippen LogP contribution in [-0.2, 0) is 16.1 Å². The Labute approximate surface area is 198 Å². The van der Waals surface area contributed by atoms with Gasteiger partial charge in [-0.1, -0.05) is 42.5 Å². The number of amides is 3. The molecule has 3 amide bonds. The fraction of sp³-hybridized carbons (Fsp3) is 0.174. The van der Waals surface area contributed by atoms with Crippen molar-refractivity contribution in [2.24, 2.45) is 0 Å². The molecule has 2 aromatic carbocycles. The van der Waals surface area contributed by atoms with Crippen LogP contribution in [0, 0.1) is 0 Å². The van der Waals surface area contributed by atoms with E-state index in [9.17, 15) is 19.2 Å². The predicted octanol–water partition coefficient (Wildman–Crippen LogP) is 3.75. The second-order valence-electron chi connectivity index (χ2n) is 7.30. The maximum absolute atomic E-state index is 12.5. The minimum Gasteiger partial charge on any atom is -0.481 e. The number of aliphatic carboxylic acids is 2. The molecule has 0 atom stereocenters. The first-order valence-electron chi connectivity index (χ1n) is 10.2. The van der Waals surface area contributed by atoms with Crippen LogP contribution in [0.1, 0.15) is 40.4 Å². The number of carbonyl (C=O) groups excluding carboxylic acids is 2. The second-order valence-corrected chi connectivity index (χ2v) is 8.16. The highest BCUT2D eigenvalue weighted by molar-refractivity contribution is 7.14. The Morgan fingerprint density at radius 2 is 1.53 bits per heavy atom. The molecule has 0 aliphatic heterocycles. The van der Waals surface area contributed by atoms with Crippen LogP contribution in [0.2, 0.25) is 0 Å². The van der Waals surface area contributed by atoms with E-state index in [1.807, 2.05) is 30.3 Å². The minimum atomic E-state index is -1.09. The number of nitrogens with one attached hydrogen (secondary N) is 3. The Balaban J connectivity index is 1.55. The molecule has 3 aromatic rings. The van der Waals surface area contributed by atoms with Crippen molar-refractivity contribution in [3.8, 4) is 0 Å². The van der Waals surface area contributed by atoms with Gasteiger partial charge in [-0.3, -0.25) is 19.7 Å². The number of rotatable bonds is 10. The van der Waals surface area contributed by atoms with Gasteiger partial charge >= 0.3 is 18.0 Å². The summed E-state index contributed by atoms with van der Waals surface area (Å²) in [5.74, 6) is -3.36. The molecule has 0 aliphatic rings. The summed E-state index contributed by atoms with van der Waals surface area (Å²) in [6.07, 6.45) is -0.628. The molecule has 34 heavy (non-hydrogen) atoms. The van der Waals surface area contributed by atoms with E-state index >= 15 is 0 Å². The number of benzene rings is 2. The molecule has 0 saturated carbocycles. The summed E-state index contributed by atoms with van der Waals surface area (Å²) in [5.41, 5.74) is 2.04. The molecular formula is C23H22N4O6S. The molecule has 0 saturated heterocycles. The lowest BCUT2D eigenvalue weighted by Crippen LogP contribution is -2.28. The van der Waals surface area contributed by atoms with Gasteiger partial charge < -0.3 is 20.8 Å². The van der Waals surface area contributed by atoms with Crippen molar-refractivity contribution in [2.75, 3.05) is 10.6 Å². The van der Waals surface area contributed by atoms with Crippen molar-refractivity contribution in [3.05, 3.63) is 76.8 Å². The van der Waals surface area contributed by atoms with Gasteiger partial charge in [0.05, 0.1) is 12.8 Å². The van der Waals surface area contributed by atoms with E-state index in [2.05, 4.69) is 20.9 Å². The van der Waals surface area contributed by atoms with Crippen LogP contribution in [0.3, 0.4) is 0 Å². The van der Waals surface area contributed by atoms with E-state index < -0.39 is 29.8 Å². The van der Waals surface area contributed by atoms with E-state index in [0.717, 1.165) is 16.9 Å². The summed E-state index contributed by atoms with van der Waals surface area (Å²) in [4.78, 5) is 50.7. The Hall–Kier alpha value is -4.25. The Kier molecular flexibility index (Phi) is 8.30. The third-order valence-electron chi connectivity index (χ3n) is 4.74. The van der Waals surface area contributed by atoms with Crippen LogP contribution >= 0.6 is 11.3 Å². The van der Waals surface area contributed by atoms with Crippen molar-refractivity contribution in [1.82, 2.24) is 10.3 Å². The number of hydrogen-bond donors (Lipinski definition) is 5. The molecule has 1 aromatic heterocycles. The van der Waals surface area contributed by atoms with Crippen molar-refractivity contribution >= 4 is 46.0 Å². The van der Waals surface area contributed by atoms with E-state index in [-0.39, 0.29) is 23.7 Å². The fourth-order valence-electron chi connectivity index (χ4n) is 3.12. The number of anilines is 2. The van der Waals surface area contributed by atoms with E-state index in [0.29, 0.717) is 17.8 Å². The average Bonchev–Trinajstić information content (AvgIpc) is 3.26. The average molecular weight is 483 g/mol. The summed E-state index contributed by atoms with van der Waals surface area (Å²) in [6, 6.07) is 15.2. The van der Waals surface area contributed by atoms with Crippen LogP contribution in [0.5, 0.6) is 0 Å². The number of hydrogen-bond acceptors (Lipinski definition) is 6. The molecule has 0 spiro atoms. The van der Waals surface area contributed by atoms with Gasteiger partial charge in [-0.25, -0.2) is 9.78 Å². The number of aromatic nitrogens is 1. The van der Waals surface area contributed by atoms with Gasteiger partial charge in [0.1, 0.15) is 5.69 Å². The van der Waals surface area contributed by atoms with Crippen molar-refractivity contribution in [3.63, 3.8) is 0 Å².